The summed E-state index contributed by atoms with van der Waals surface area (Å²) in [5, 5.41) is 2.14. The van der Waals surface area contributed by atoms with Crippen LogP contribution in [0.4, 0.5) is 0 Å². The van der Waals surface area contributed by atoms with Crippen molar-refractivity contribution in [1.82, 2.24) is 4.98 Å². The lowest BCUT2D eigenvalue weighted by Gasteiger charge is -2.03. The zero-order valence-electron chi connectivity index (χ0n) is 12.5. The van der Waals surface area contributed by atoms with Crippen LogP contribution in [0.25, 0.3) is 21.9 Å². The van der Waals surface area contributed by atoms with E-state index in [1.165, 1.54) is 0 Å². The van der Waals surface area contributed by atoms with Crippen LogP contribution in [0.15, 0.2) is 79.0 Å². The molecule has 0 bridgehead atoms. The highest BCUT2D eigenvalue weighted by Gasteiger charge is 2.15. The Balaban J connectivity index is 1.80. The Labute approximate surface area is 133 Å². The molecular formula is C20H15N2O+. The van der Waals surface area contributed by atoms with Crippen molar-refractivity contribution in [3.05, 3.63) is 84.6 Å². The third-order valence-electron chi connectivity index (χ3n) is 3.96. The van der Waals surface area contributed by atoms with E-state index in [2.05, 4.69) is 6.07 Å². The molecule has 110 valence electrons. The summed E-state index contributed by atoms with van der Waals surface area (Å²) in [4.78, 5) is 17.2. The van der Waals surface area contributed by atoms with Gasteiger partial charge in [-0.3, -0.25) is 4.79 Å². The topological polar surface area (TPSA) is 33.8 Å². The molecule has 0 amide bonds. The summed E-state index contributed by atoms with van der Waals surface area (Å²) < 4.78 is 1.91. The maximum absolute atomic E-state index is 12.5. The van der Waals surface area contributed by atoms with Gasteiger partial charge in [0.1, 0.15) is 0 Å². The molecule has 0 aliphatic carbocycles. The highest BCUT2D eigenvalue weighted by atomic mass is 16.1. The molecule has 0 spiro atoms. The zero-order chi connectivity index (χ0) is 15.6. The SMILES string of the molecule is O=C(C[n+]1cccc2cc3ccccc3nc21)c1ccccc1. The van der Waals surface area contributed by atoms with Gasteiger partial charge in [0.2, 0.25) is 5.78 Å². The van der Waals surface area contributed by atoms with Gasteiger partial charge >= 0.3 is 5.65 Å². The van der Waals surface area contributed by atoms with Crippen molar-refractivity contribution in [3.63, 3.8) is 0 Å². The number of nitrogens with zero attached hydrogens (tertiary/aromatic N) is 2. The van der Waals surface area contributed by atoms with Crippen molar-refractivity contribution in [3.8, 4) is 0 Å². The number of rotatable bonds is 3. The molecule has 0 N–H and O–H groups in total. The fraction of sp³-hybridized carbons (Fsp3) is 0.0500. The average Bonchev–Trinajstić information content (AvgIpc) is 2.61. The van der Waals surface area contributed by atoms with Crippen molar-refractivity contribution in [2.24, 2.45) is 0 Å². The Morgan fingerprint density at radius 1 is 0.870 bits per heavy atom. The predicted octanol–water partition coefficient (Wildman–Crippen LogP) is 3.56. The van der Waals surface area contributed by atoms with Gasteiger partial charge < -0.3 is 0 Å². The van der Waals surface area contributed by atoms with Crippen LogP contribution in [0.5, 0.6) is 0 Å². The second-order valence-electron chi connectivity index (χ2n) is 5.52. The normalized spacial score (nSPS) is 11.0. The smallest absolute Gasteiger partial charge is 0.290 e. The number of hydrogen-bond acceptors (Lipinski definition) is 2. The molecule has 0 saturated carbocycles. The Hall–Kier alpha value is -3.07. The maximum Gasteiger partial charge on any atom is 0.331 e. The van der Waals surface area contributed by atoms with Crippen molar-refractivity contribution in [2.75, 3.05) is 0 Å². The first-order valence-corrected chi connectivity index (χ1v) is 7.57. The van der Waals surface area contributed by atoms with E-state index in [1.807, 2.05) is 77.5 Å². The second-order valence-corrected chi connectivity index (χ2v) is 5.52. The Bertz CT molecular complexity index is 1010. The van der Waals surface area contributed by atoms with Gasteiger partial charge in [-0.15, -0.1) is 0 Å². The third kappa shape index (κ3) is 2.57. The first-order valence-electron chi connectivity index (χ1n) is 7.57. The molecule has 0 radical (unpaired) electrons. The summed E-state index contributed by atoms with van der Waals surface area (Å²) in [5.41, 5.74) is 2.49. The van der Waals surface area contributed by atoms with Crippen LogP contribution < -0.4 is 4.57 Å². The molecule has 3 heteroatoms. The van der Waals surface area contributed by atoms with Crippen LogP contribution in [0, 0.1) is 0 Å². The van der Waals surface area contributed by atoms with Gasteiger partial charge in [0.05, 0.1) is 11.6 Å². The van der Waals surface area contributed by atoms with Gasteiger partial charge in [-0.25, -0.2) is 4.57 Å². The summed E-state index contributed by atoms with van der Waals surface area (Å²) in [7, 11) is 0. The highest BCUT2D eigenvalue weighted by molar-refractivity contribution is 5.95. The lowest BCUT2D eigenvalue weighted by atomic mass is 10.1. The molecule has 4 aromatic rings. The Kier molecular flexibility index (Phi) is 3.31. The minimum absolute atomic E-state index is 0.0815. The average molecular weight is 299 g/mol. The third-order valence-corrected chi connectivity index (χ3v) is 3.96. The molecule has 0 atom stereocenters. The number of carbonyl (C=O) groups excluding carboxylic acids is 1. The van der Waals surface area contributed by atoms with Crippen LogP contribution in [0.2, 0.25) is 0 Å². The van der Waals surface area contributed by atoms with Gasteiger partial charge in [0, 0.05) is 10.9 Å². The lowest BCUT2D eigenvalue weighted by molar-refractivity contribution is -0.658. The Morgan fingerprint density at radius 2 is 1.61 bits per heavy atom. The molecule has 2 aromatic carbocycles. The molecular weight excluding hydrogens is 284 g/mol. The van der Waals surface area contributed by atoms with Gasteiger partial charge in [0.15, 0.2) is 12.1 Å². The second kappa shape index (κ2) is 5.61. The highest BCUT2D eigenvalue weighted by Crippen LogP contribution is 2.17. The number of fused-ring (bicyclic) bond motifs is 2. The number of pyridine rings is 2. The summed E-state index contributed by atoms with van der Waals surface area (Å²) in [5.74, 6) is 0.0815. The van der Waals surface area contributed by atoms with Crippen LogP contribution >= 0.6 is 0 Å². The standard InChI is InChI=1S/C20H15N2O/c23-19(15-7-2-1-3-8-15)14-22-12-6-10-17-13-16-9-4-5-11-18(16)21-20(17)22/h1-13H,14H2/q+1. The summed E-state index contributed by atoms with van der Waals surface area (Å²) >= 11 is 0. The molecule has 0 aliphatic rings. The van der Waals surface area contributed by atoms with E-state index in [0.717, 1.165) is 27.5 Å². The number of hydrogen-bond donors (Lipinski definition) is 0. The maximum atomic E-state index is 12.5. The monoisotopic (exact) mass is 299 g/mol. The Morgan fingerprint density at radius 3 is 2.48 bits per heavy atom. The minimum atomic E-state index is 0.0815. The summed E-state index contributed by atoms with van der Waals surface area (Å²) in [6.07, 6.45) is 1.91. The van der Waals surface area contributed by atoms with Gasteiger partial charge in [-0.1, -0.05) is 48.5 Å². The number of aromatic nitrogens is 2. The number of para-hydroxylation sites is 1. The summed E-state index contributed by atoms with van der Waals surface area (Å²) in [6, 6.07) is 23.5. The molecule has 23 heavy (non-hydrogen) atoms. The van der Waals surface area contributed by atoms with Crippen LogP contribution in [0.3, 0.4) is 0 Å². The minimum Gasteiger partial charge on any atom is -0.290 e. The molecule has 4 rings (SSSR count). The van der Waals surface area contributed by atoms with E-state index in [0.29, 0.717) is 0 Å². The quantitative estimate of drug-likeness (QED) is 0.329. The fourth-order valence-corrected chi connectivity index (χ4v) is 2.79. The van der Waals surface area contributed by atoms with E-state index in [9.17, 15) is 4.79 Å². The van der Waals surface area contributed by atoms with Gasteiger partial charge in [-0.2, -0.15) is 0 Å². The number of carbonyl (C=O) groups is 1. The fourth-order valence-electron chi connectivity index (χ4n) is 2.79. The number of Topliss-reactive ketones (excluding diaryl/α,β-unsaturated/α-hetero) is 1. The first kappa shape index (κ1) is 13.6. The van der Waals surface area contributed by atoms with Crippen LogP contribution in [-0.4, -0.2) is 10.8 Å². The molecule has 2 heterocycles. The van der Waals surface area contributed by atoms with Gasteiger partial charge in [-0.05, 0) is 29.2 Å². The van der Waals surface area contributed by atoms with Crippen molar-refractivity contribution >= 4 is 27.7 Å². The largest absolute Gasteiger partial charge is 0.331 e. The zero-order valence-corrected chi connectivity index (χ0v) is 12.5. The first-order chi connectivity index (χ1) is 11.3. The van der Waals surface area contributed by atoms with Crippen molar-refractivity contribution in [1.29, 1.82) is 0 Å². The molecule has 0 unspecified atom stereocenters. The molecule has 3 nitrogen and oxygen atoms in total. The molecule has 0 saturated heterocycles. The van der Waals surface area contributed by atoms with Crippen molar-refractivity contribution < 1.29 is 9.36 Å². The molecule has 0 fully saturated rings. The number of ketones is 1. The van der Waals surface area contributed by atoms with E-state index >= 15 is 0 Å². The van der Waals surface area contributed by atoms with E-state index in [1.54, 1.807) is 0 Å². The van der Waals surface area contributed by atoms with Crippen molar-refractivity contribution in [2.45, 2.75) is 6.54 Å². The number of benzene rings is 2. The van der Waals surface area contributed by atoms with Crippen LogP contribution in [-0.2, 0) is 6.54 Å². The van der Waals surface area contributed by atoms with E-state index in [-0.39, 0.29) is 12.3 Å². The molecule has 2 aromatic heterocycles. The predicted molar refractivity (Wildman–Crippen MR) is 90.2 cm³/mol. The lowest BCUT2D eigenvalue weighted by Crippen LogP contribution is -2.39. The van der Waals surface area contributed by atoms with E-state index in [4.69, 9.17) is 4.98 Å². The van der Waals surface area contributed by atoms with E-state index < -0.39 is 0 Å². The molecule has 0 aliphatic heterocycles. The summed E-state index contributed by atoms with van der Waals surface area (Å²) in [6.45, 7) is 0.284. The van der Waals surface area contributed by atoms with Crippen LogP contribution in [0.1, 0.15) is 10.4 Å². The van der Waals surface area contributed by atoms with Gasteiger partial charge in [0.25, 0.3) is 0 Å².